The van der Waals surface area contributed by atoms with Crippen LogP contribution in [0.25, 0.3) is 0 Å². The molecule has 6 heteroatoms. The molecule has 0 aliphatic carbocycles. The summed E-state index contributed by atoms with van der Waals surface area (Å²) in [7, 11) is -3.59. The van der Waals surface area contributed by atoms with Crippen LogP contribution in [-0.2, 0) is 10.0 Å². The third-order valence-electron chi connectivity index (χ3n) is 3.98. The van der Waals surface area contributed by atoms with Gasteiger partial charge in [0.25, 0.3) is 0 Å². The zero-order chi connectivity index (χ0) is 17.0. The van der Waals surface area contributed by atoms with Gasteiger partial charge in [-0.1, -0.05) is 13.8 Å². The van der Waals surface area contributed by atoms with E-state index in [9.17, 15) is 8.42 Å². The number of ether oxygens (including phenoxy) is 2. The number of rotatable bonds is 6. The second kappa shape index (κ2) is 7.53. The van der Waals surface area contributed by atoms with Crippen molar-refractivity contribution in [2.24, 2.45) is 11.8 Å². The quantitative estimate of drug-likeness (QED) is 0.797. The van der Waals surface area contributed by atoms with E-state index >= 15 is 0 Å². The predicted molar refractivity (Wildman–Crippen MR) is 90.5 cm³/mol. The molecule has 1 fully saturated rings. The molecule has 0 saturated carbocycles. The Hall–Kier alpha value is -1.27. The topological polar surface area (TPSA) is 55.8 Å². The lowest BCUT2D eigenvalue weighted by atomic mass is 9.94. The summed E-state index contributed by atoms with van der Waals surface area (Å²) in [6.45, 7) is 9.93. The average molecular weight is 341 g/mol. The summed E-state index contributed by atoms with van der Waals surface area (Å²) >= 11 is 0. The van der Waals surface area contributed by atoms with Crippen LogP contribution < -0.4 is 9.47 Å². The summed E-state index contributed by atoms with van der Waals surface area (Å²) in [6.07, 6.45) is 1.06. The summed E-state index contributed by atoms with van der Waals surface area (Å²) < 4.78 is 38.8. The van der Waals surface area contributed by atoms with Gasteiger partial charge >= 0.3 is 0 Å². The molecule has 130 valence electrons. The van der Waals surface area contributed by atoms with Gasteiger partial charge in [0, 0.05) is 19.2 Å². The highest BCUT2D eigenvalue weighted by molar-refractivity contribution is 7.89. The zero-order valence-electron chi connectivity index (χ0n) is 14.4. The van der Waals surface area contributed by atoms with Gasteiger partial charge in [-0.2, -0.15) is 4.31 Å². The predicted octanol–water partition coefficient (Wildman–Crippen LogP) is 3.15. The monoisotopic (exact) mass is 341 g/mol. The summed E-state index contributed by atoms with van der Waals surface area (Å²) in [4.78, 5) is 0.201. The SMILES string of the molecule is CCOc1ccc(OCC)c(S(=O)(=O)N2C[C@H](C)C[C@@H](C)C2)c1. The van der Waals surface area contributed by atoms with Crippen molar-refractivity contribution in [3.05, 3.63) is 18.2 Å². The fraction of sp³-hybridized carbons (Fsp3) is 0.647. The number of hydrogen-bond donors (Lipinski definition) is 0. The summed E-state index contributed by atoms with van der Waals surface area (Å²) in [6, 6.07) is 5.00. The van der Waals surface area contributed by atoms with E-state index in [1.165, 1.54) is 0 Å². The number of sulfonamides is 1. The third kappa shape index (κ3) is 4.18. The number of benzene rings is 1. The van der Waals surface area contributed by atoms with Crippen molar-refractivity contribution in [3.8, 4) is 11.5 Å². The number of hydrogen-bond acceptors (Lipinski definition) is 4. The first-order valence-corrected chi connectivity index (χ1v) is 9.72. The fourth-order valence-electron chi connectivity index (χ4n) is 3.16. The average Bonchev–Trinajstić information content (AvgIpc) is 2.48. The molecule has 0 bridgehead atoms. The van der Waals surface area contributed by atoms with Gasteiger partial charge in [-0.3, -0.25) is 0 Å². The summed E-state index contributed by atoms with van der Waals surface area (Å²) in [5.41, 5.74) is 0. The second-order valence-corrected chi connectivity index (χ2v) is 8.15. The Balaban J connectivity index is 2.41. The molecular formula is C17H27NO4S. The van der Waals surface area contributed by atoms with Crippen molar-refractivity contribution in [1.29, 1.82) is 0 Å². The fourth-order valence-corrected chi connectivity index (χ4v) is 4.99. The van der Waals surface area contributed by atoms with Crippen LogP contribution in [0.1, 0.15) is 34.1 Å². The van der Waals surface area contributed by atoms with Gasteiger partial charge in [0.15, 0.2) is 0 Å². The van der Waals surface area contributed by atoms with Crippen LogP contribution in [0.3, 0.4) is 0 Å². The normalized spacial score (nSPS) is 22.8. The van der Waals surface area contributed by atoms with Crippen molar-refractivity contribution >= 4 is 10.0 Å². The molecule has 1 aliphatic rings. The van der Waals surface area contributed by atoms with E-state index in [1.807, 2.05) is 13.8 Å². The van der Waals surface area contributed by atoms with Gasteiger partial charge in [0.1, 0.15) is 16.4 Å². The Labute approximate surface area is 139 Å². The second-order valence-electron chi connectivity index (χ2n) is 6.24. The molecule has 5 nitrogen and oxygen atoms in total. The molecular weight excluding hydrogens is 314 g/mol. The molecule has 0 spiro atoms. The Morgan fingerprint density at radius 3 is 2.26 bits per heavy atom. The van der Waals surface area contributed by atoms with E-state index in [4.69, 9.17) is 9.47 Å². The first kappa shape index (κ1) is 18.1. The third-order valence-corrected chi connectivity index (χ3v) is 5.83. The van der Waals surface area contributed by atoms with Gasteiger partial charge < -0.3 is 9.47 Å². The maximum atomic E-state index is 13.1. The highest BCUT2D eigenvalue weighted by atomic mass is 32.2. The van der Waals surface area contributed by atoms with Crippen LogP contribution in [0.2, 0.25) is 0 Å². The highest BCUT2D eigenvalue weighted by Gasteiger charge is 2.33. The molecule has 0 N–H and O–H groups in total. The van der Waals surface area contributed by atoms with Crippen molar-refractivity contribution in [2.75, 3.05) is 26.3 Å². The molecule has 2 atom stereocenters. The standard InChI is InChI=1S/C17H27NO4S/c1-5-21-15-7-8-16(22-6-2)17(10-15)23(19,20)18-11-13(3)9-14(4)12-18/h7-8,10,13-14H,5-6,9,11-12H2,1-4H3/t13-,14-/m1/s1. The molecule has 23 heavy (non-hydrogen) atoms. The van der Waals surface area contributed by atoms with E-state index in [2.05, 4.69) is 13.8 Å². The lowest BCUT2D eigenvalue weighted by molar-refractivity contribution is 0.221. The molecule has 1 saturated heterocycles. The minimum atomic E-state index is -3.59. The van der Waals surface area contributed by atoms with E-state index in [1.54, 1.807) is 22.5 Å². The Morgan fingerprint density at radius 2 is 1.70 bits per heavy atom. The molecule has 2 rings (SSSR count). The van der Waals surface area contributed by atoms with E-state index in [-0.39, 0.29) is 4.90 Å². The van der Waals surface area contributed by atoms with Gasteiger partial charge in [0.2, 0.25) is 10.0 Å². The van der Waals surface area contributed by atoms with E-state index in [0.29, 0.717) is 49.6 Å². The van der Waals surface area contributed by atoms with Crippen molar-refractivity contribution < 1.29 is 17.9 Å². The Bertz CT molecular complexity index is 619. The summed E-state index contributed by atoms with van der Waals surface area (Å²) in [5.74, 6) is 1.66. The smallest absolute Gasteiger partial charge is 0.246 e. The first-order valence-electron chi connectivity index (χ1n) is 8.28. The highest BCUT2D eigenvalue weighted by Crippen LogP contribution is 2.33. The molecule has 0 unspecified atom stereocenters. The van der Waals surface area contributed by atoms with Crippen LogP contribution >= 0.6 is 0 Å². The van der Waals surface area contributed by atoms with Gasteiger partial charge in [-0.05, 0) is 44.2 Å². The lowest BCUT2D eigenvalue weighted by Gasteiger charge is -2.34. The van der Waals surface area contributed by atoms with Gasteiger partial charge in [0.05, 0.1) is 13.2 Å². The Morgan fingerprint density at radius 1 is 1.09 bits per heavy atom. The molecule has 1 aromatic rings. The minimum absolute atomic E-state index is 0.201. The van der Waals surface area contributed by atoms with Crippen LogP contribution in [0.4, 0.5) is 0 Å². The van der Waals surface area contributed by atoms with E-state index < -0.39 is 10.0 Å². The zero-order valence-corrected chi connectivity index (χ0v) is 15.2. The molecule has 0 aromatic heterocycles. The lowest BCUT2D eigenvalue weighted by Crippen LogP contribution is -2.42. The largest absolute Gasteiger partial charge is 0.494 e. The minimum Gasteiger partial charge on any atom is -0.494 e. The van der Waals surface area contributed by atoms with Crippen molar-refractivity contribution in [1.82, 2.24) is 4.31 Å². The molecule has 0 amide bonds. The van der Waals surface area contributed by atoms with Crippen molar-refractivity contribution in [3.63, 3.8) is 0 Å². The molecule has 0 radical (unpaired) electrons. The van der Waals surface area contributed by atoms with Crippen LogP contribution in [0.5, 0.6) is 11.5 Å². The number of piperidine rings is 1. The van der Waals surface area contributed by atoms with Gasteiger partial charge in [-0.25, -0.2) is 8.42 Å². The van der Waals surface area contributed by atoms with Crippen LogP contribution in [0.15, 0.2) is 23.1 Å². The maximum Gasteiger partial charge on any atom is 0.246 e. The van der Waals surface area contributed by atoms with Crippen LogP contribution in [-0.4, -0.2) is 39.0 Å². The molecule has 1 aromatic carbocycles. The summed E-state index contributed by atoms with van der Waals surface area (Å²) in [5, 5.41) is 0. The molecule has 1 aliphatic heterocycles. The molecule has 1 heterocycles. The number of nitrogens with zero attached hydrogens (tertiary/aromatic N) is 1. The van der Waals surface area contributed by atoms with Gasteiger partial charge in [-0.15, -0.1) is 0 Å². The maximum absolute atomic E-state index is 13.1. The van der Waals surface area contributed by atoms with E-state index in [0.717, 1.165) is 6.42 Å². The first-order chi connectivity index (χ1) is 10.9. The van der Waals surface area contributed by atoms with Crippen LogP contribution in [0, 0.1) is 11.8 Å². The Kier molecular flexibility index (Phi) is 5.92. The van der Waals surface area contributed by atoms with Crippen molar-refractivity contribution in [2.45, 2.75) is 39.0 Å².